The van der Waals surface area contributed by atoms with Crippen LogP contribution in [0, 0.1) is 0 Å². The average molecular weight is 343 g/mol. The van der Waals surface area contributed by atoms with E-state index in [1.165, 1.54) is 6.92 Å². The van der Waals surface area contributed by atoms with E-state index in [0.29, 0.717) is 18.7 Å². The molecule has 1 heterocycles. The molecule has 0 radical (unpaired) electrons. The van der Waals surface area contributed by atoms with Crippen molar-refractivity contribution in [2.75, 3.05) is 45.2 Å². The highest BCUT2D eigenvalue weighted by molar-refractivity contribution is 5.60. The molecule has 1 aromatic rings. The van der Waals surface area contributed by atoms with Crippen molar-refractivity contribution in [3.63, 3.8) is 0 Å². The second-order valence-corrected chi connectivity index (χ2v) is 6.55. The molecule has 6 heteroatoms. The number of hydrogen-bond acceptors (Lipinski definition) is 3. The van der Waals surface area contributed by atoms with E-state index < -0.39 is 12.6 Å². The molecule has 0 amide bonds. The molecule has 2 N–H and O–H groups in total. The summed E-state index contributed by atoms with van der Waals surface area (Å²) in [4.78, 5) is 1.91. The molecule has 2 rings (SSSR count). The lowest BCUT2D eigenvalue weighted by Gasteiger charge is -2.34. The van der Waals surface area contributed by atoms with Gasteiger partial charge < -0.3 is 15.5 Å². The minimum absolute atomic E-state index is 0.0234. The monoisotopic (exact) mass is 343 g/mol. The van der Waals surface area contributed by atoms with Crippen LogP contribution in [0.3, 0.4) is 0 Å². The summed E-state index contributed by atoms with van der Waals surface area (Å²) >= 11 is 0. The maximum atomic E-state index is 13.7. The largest absolute Gasteiger partial charge is 0.368 e. The van der Waals surface area contributed by atoms with Gasteiger partial charge in [0.15, 0.2) is 0 Å². The quantitative estimate of drug-likeness (QED) is 0.759. The van der Waals surface area contributed by atoms with Crippen LogP contribution >= 0.6 is 0 Å². The molecule has 1 unspecified atom stereocenters. The highest BCUT2D eigenvalue weighted by atomic mass is 19.3. The van der Waals surface area contributed by atoms with Gasteiger partial charge in [0, 0.05) is 43.3 Å². The molecule has 0 aromatic heterocycles. The number of alkyl halides is 3. The van der Waals surface area contributed by atoms with E-state index in [0.717, 1.165) is 30.6 Å². The van der Waals surface area contributed by atoms with Crippen molar-refractivity contribution in [1.29, 1.82) is 0 Å². The smallest absolute Gasteiger partial charge is 0.264 e. The number of anilines is 1. The van der Waals surface area contributed by atoms with Gasteiger partial charge in [0.05, 0.1) is 0 Å². The normalized spacial score (nSPS) is 15.9. The van der Waals surface area contributed by atoms with Gasteiger partial charge in [-0.3, -0.25) is 0 Å². The van der Waals surface area contributed by atoms with Crippen LogP contribution in [-0.2, 0) is 6.42 Å². The molecule has 0 saturated heterocycles. The van der Waals surface area contributed by atoms with Gasteiger partial charge in [0.1, 0.15) is 6.17 Å². The molecule has 0 bridgehead atoms. The van der Waals surface area contributed by atoms with E-state index in [1.807, 2.05) is 25.1 Å². The SMILES string of the molecule is CNCC(CNC)c1cc2c(cc1C(F)F)N(CC(C)F)CCC2. The Morgan fingerprint density at radius 1 is 1.08 bits per heavy atom. The fourth-order valence-corrected chi connectivity index (χ4v) is 3.56. The van der Waals surface area contributed by atoms with Crippen LogP contribution < -0.4 is 15.5 Å². The third-order valence-corrected chi connectivity index (χ3v) is 4.55. The Morgan fingerprint density at radius 2 is 1.75 bits per heavy atom. The van der Waals surface area contributed by atoms with Crippen molar-refractivity contribution in [2.24, 2.45) is 0 Å². The molecule has 0 saturated carbocycles. The lowest BCUT2D eigenvalue weighted by molar-refractivity contribution is 0.149. The summed E-state index contributed by atoms with van der Waals surface area (Å²) in [5, 5.41) is 6.17. The lowest BCUT2D eigenvalue weighted by Crippen LogP contribution is -2.34. The van der Waals surface area contributed by atoms with Crippen molar-refractivity contribution in [1.82, 2.24) is 10.6 Å². The predicted octanol–water partition coefficient (Wildman–Crippen LogP) is 3.26. The van der Waals surface area contributed by atoms with Gasteiger partial charge in [-0.15, -0.1) is 0 Å². The lowest BCUT2D eigenvalue weighted by atomic mass is 9.88. The van der Waals surface area contributed by atoms with Crippen LogP contribution in [0.15, 0.2) is 12.1 Å². The second kappa shape index (κ2) is 8.72. The summed E-state index contributed by atoms with van der Waals surface area (Å²) in [7, 11) is 3.65. The van der Waals surface area contributed by atoms with E-state index in [1.54, 1.807) is 6.07 Å². The fraction of sp³-hybridized carbons (Fsp3) is 0.667. The highest BCUT2D eigenvalue weighted by Gasteiger charge is 2.26. The third kappa shape index (κ3) is 4.42. The second-order valence-electron chi connectivity index (χ2n) is 6.55. The number of benzene rings is 1. The summed E-state index contributed by atoms with van der Waals surface area (Å²) in [5.41, 5.74) is 2.60. The maximum Gasteiger partial charge on any atom is 0.264 e. The number of hydrogen-bond donors (Lipinski definition) is 2. The number of fused-ring (bicyclic) bond motifs is 1. The van der Waals surface area contributed by atoms with Crippen molar-refractivity contribution < 1.29 is 13.2 Å². The zero-order valence-electron chi connectivity index (χ0n) is 14.7. The topological polar surface area (TPSA) is 27.3 Å². The van der Waals surface area contributed by atoms with E-state index in [4.69, 9.17) is 0 Å². The number of halogens is 3. The summed E-state index contributed by atoms with van der Waals surface area (Å²) in [5.74, 6) is -0.0234. The van der Waals surface area contributed by atoms with Gasteiger partial charge in [0.25, 0.3) is 6.43 Å². The van der Waals surface area contributed by atoms with E-state index in [2.05, 4.69) is 10.6 Å². The first-order chi connectivity index (χ1) is 11.5. The van der Waals surface area contributed by atoms with Gasteiger partial charge in [-0.1, -0.05) is 6.07 Å². The molecule has 136 valence electrons. The van der Waals surface area contributed by atoms with Crippen LogP contribution in [-0.4, -0.2) is 46.4 Å². The molecule has 1 aliphatic heterocycles. The number of rotatable bonds is 8. The van der Waals surface area contributed by atoms with Gasteiger partial charge in [-0.25, -0.2) is 13.2 Å². The van der Waals surface area contributed by atoms with Crippen molar-refractivity contribution in [3.8, 4) is 0 Å². The number of nitrogens with one attached hydrogen (secondary N) is 2. The molecule has 0 aliphatic carbocycles. The van der Waals surface area contributed by atoms with Crippen LogP contribution in [0.2, 0.25) is 0 Å². The van der Waals surface area contributed by atoms with Crippen molar-refractivity contribution >= 4 is 5.69 Å². The molecule has 0 spiro atoms. The Hall–Kier alpha value is -1.27. The fourth-order valence-electron chi connectivity index (χ4n) is 3.56. The molecule has 24 heavy (non-hydrogen) atoms. The number of likely N-dealkylation sites (N-methyl/N-ethyl adjacent to an activating group) is 2. The Labute approximate surface area is 142 Å². The minimum Gasteiger partial charge on any atom is -0.368 e. The zero-order valence-corrected chi connectivity index (χ0v) is 14.7. The number of aryl methyl sites for hydroxylation is 1. The predicted molar refractivity (Wildman–Crippen MR) is 93.1 cm³/mol. The van der Waals surface area contributed by atoms with E-state index in [-0.39, 0.29) is 18.0 Å². The summed E-state index contributed by atoms with van der Waals surface area (Å²) < 4.78 is 40.8. The van der Waals surface area contributed by atoms with Crippen molar-refractivity contribution in [2.45, 2.75) is 38.3 Å². The first-order valence-electron chi connectivity index (χ1n) is 8.61. The summed E-state index contributed by atoms with van der Waals surface area (Å²) in [6.45, 7) is 3.74. The zero-order chi connectivity index (χ0) is 17.7. The Morgan fingerprint density at radius 3 is 2.29 bits per heavy atom. The van der Waals surface area contributed by atoms with Crippen LogP contribution in [0.1, 0.15) is 42.4 Å². The minimum atomic E-state index is -2.53. The third-order valence-electron chi connectivity index (χ3n) is 4.55. The molecule has 0 fully saturated rings. The number of nitrogens with zero attached hydrogens (tertiary/aromatic N) is 1. The molecule has 3 nitrogen and oxygen atoms in total. The Kier molecular flexibility index (Phi) is 6.92. The molecular weight excluding hydrogens is 315 g/mol. The summed E-state index contributed by atoms with van der Waals surface area (Å²) in [6, 6.07) is 3.51. The van der Waals surface area contributed by atoms with Crippen LogP contribution in [0.5, 0.6) is 0 Å². The molecule has 1 aliphatic rings. The first-order valence-corrected chi connectivity index (χ1v) is 8.61. The Bertz CT molecular complexity index is 528. The van der Waals surface area contributed by atoms with Crippen LogP contribution in [0.25, 0.3) is 0 Å². The van der Waals surface area contributed by atoms with Crippen molar-refractivity contribution in [3.05, 3.63) is 28.8 Å². The van der Waals surface area contributed by atoms with E-state index in [9.17, 15) is 13.2 Å². The molecule has 1 aromatic carbocycles. The van der Waals surface area contributed by atoms with Gasteiger partial charge in [-0.2, -0.15) is 0 Å². The highest BCUT2D eigenvalue weighted by Crippen LogP contribution is 2.37. The maximum absolute atomic E-state index is 13.7. The van der Waals surface area contributed by atoms with E-state index >= 15 is 0 Å². The first kappa shape index (κ1) is 19.1. The van der Waals surface area contributed by atoms with Gasteiger partial charge in [-0.05, 0) is 51.1 Å². The standard InChI is InChI=1S/C18H28F3N3/c1-12(19)11-24-6-4-5-13-7-15(14(9-22-2)10-23-3)16(18(20)21)8-17(13)24/h7-8,12,14,18,22-23H,4-6,9-11H2,1-3H3. The van der Waals surface area contributed by atoms with Gasteiger partial charge in [0.2, 0.25) is 0 Å². The average Bonchev–Trinajstić information content (AvgIpc) is 2.53. The molecule has 1 atom stereocenters. The molecular formula is C18H28F3N3. The summed E-state index contributed by atoms with van der Waals surface area (Å²) in [6.07, 6.45) is -1.73. The Balaban J connectivity index is 2.45. The van der Waals surface area contributed by atoms with Crippen LogP contribution in [0.4, 0.5) is 18.9 Å². The van der Waals surface area contributed by atoms with Gasteiger partial charge >= 0.3 is 0 Å².